The van der Waals surface area contributed by atoms with Gasteiger partial charge in [0, 0.05) is 5.54 Å². The second kappa shape index (κ2) is 4.17. The van der Waals surface area contributed by atoms with Crippen molar-refractivity contribution in [2.75, 3.05) is 5.32 Å². The molecule has 4 heteroatoms. The fraction of sp³-hybridized carbons (Fsp3) is 0.538. The molecule has 0 bridgehead atoms. The lowest BCUT2D eigenvalue weighted by Crippen LogP contribution is -2.36. The Kier molecular flexibility index (Phi) is 2.98. The Labute approximate surface area is 100.0 Å². The van der Waals surface area contributed by atoms with Crippen molar-refractivity contribution in [2.45, 2.75) is 45.3 Å². The molecule has 0 aliphatic carbocycles. The third-order valence-electron chi connectivity index (χ3n) is 3.09. The maximum Gasteiger partial charge on any atom is 0.387 e. The monoisotopic (exact) mass is 241 g/mol. The van der Waals surface area contributed by atoms with E-state index in [1.165, 1.54) is 0 Å². The first kappa shape index (κ1) is 12.1. The summed E-state index contributed by atoms with van der Waals surface area (Å²) in [6, 6.07) is 5.29. The molecule has 1 N–H and O–H groups in total. The van der Waals surface area contributed by atoms with E-state index in [2.05, 4.69) is 30.8 Å². The summed E-state index contributed by atoms with van der Waals surface area (Å²) in [5, 5.41) is 3.28. The first-order valence-electron chi connectivity index (χ1n) is 5.75. The molecule has 1 atom stereocenters. The molecule has 0 saturated heterocycles. The molecule has 17 heavy (non-hydrogen) atoms. The molecular formula is C13H17F2NO. The molecule has 1 unspecified atom stereocenters. The van der Waals surface area contributed by atoms with Gasteiger partial charge in [-0.1, -0.05) is 19.1 Å². The van der Waals surface area contributed by atoms with Crippen molar-refractivity contribution >= 4 is 5.69 Å². The predicted molar refractivity (Wildman–Crippen MR) is 63.8 cm³/mol. The van der Waals surface area contributed by atoms with Crippen LogP contribution in [-0.4, -0.2) is 12.2 Å². The summed E-state index contributed by atoms with van der Waals surface area (Å²) in [4.78, 5) is 0. The molecule has 2 nitrogen and oxygen atoms in total. The quantitative estimate of drug-likeness (QED) is 0.845. The van der Waals surface area contributed by atoms with E-state index in [4.69, 9.17) is 0 Å². The molecule has 1 aliphatic heterocycles. The molecule has 0 aromatic heterocycles. The highest BCUT2D eigenvalue weighted by molar-refractivity contribution is 5.66. The second-order valence-electron chi connectivity index (χ2n) is 5.21. The van der Waals surface area contributed by atoms with Crippen molar-refractivity contribution in [1.82, 2.24) is 0 Å². The number of halogens is 2. The zero-order valence-corrected chi connectivity index (χ0v) is 10.3. The molecule has 1 aromatic carbocycles. The highest BCUT2D eigenvalue weighted by atomic mass is 19.3. The largest absolute Gasteiger partial charge is 0.433 e. The van der Waals surface area contributed by atoms with Gasteiger partial charge in [0.25, 0.3) is 0 Å². The van der Waals surface area contributed by atoms with E-state index < -0.39 is 6.61 Å². The number of rotatable bonds is 2. The van der Waals surface area contributed by atoms with Gasteiger partial charge in [-0.2, -0.15) is 8.78 Å². The highest BCUT2D eigenvalue weighted by Gasteiger charge is 2.31. The maximum atomic E-state index is 12.3. The van der Waals surface area contributed by atoms with E-state index in [-0.39, 0.29) is 11.3 Å². The summed E-state index contributed by atoms with van der Waals surface area (Å²) in [6.07, 6.45) is 0.970. The number of hydrogen-bond donors (Lipinski definition) is 1. The number of anilines is 1. The van der Waals surface area contributed by atoms with Crippen LogP contribution in [0.2, 0.25) is 0 Å². The van der Waals surface area contributed by atoms with Crippen LogP contribution >= 0.6 is 0 Å². The Morgan fingerprint density at radius 1 is 1.41 bits per heavy atom. The zero-order valence-electron chi connectivity index (χ0n) is 10.3. The van der Waals surface area contributed by atoms with Crippen LogP contribution in [0.15, 0.2) is 18.2 Å². The topological polar surface area (TPSA) is 21.3 Å². The first-order chi connectivity index (χ1) is 7.89. The molecule has 0 saturated carbocycles. The van der Waals surface area contributed by atoms with Crippen LogP contribution in [-0.2, 0) is 0 Å². The molecule has 0 fully saturated rings. The lowest BCUT2D eigenvalue weighted by atomic mass is 9.82. The number of ether oxygens (including phenoxy) is 1. The van der Waals surface area contributed by atoms with E-state index in [9.17, 15) is 8.78 Å². The van der Waals surface area contributed by atoms with Gasteiger partial charge in [0.15, 0.2) is 0 Å². The standard InChI is InChI=1S/C13H17F2NO/c1-8-7-13(2,3)16-11-9(8)5-4-6-10(11)17-12(14)15/h4-6,8,12,16H,7H2,1-3H3. The second-order valence-corrected chi connectivity index (χ2v) is 5.21. The van der Waals surface area contributed by atoms with Crippen LogP contribution in [0.3, 0.4) is 0 Å². The van der Waals surface area contributed by atoms with Crippen LogP contribution < -0.4 is 10.1 Å². The van der Waals surface area contributed by atoms with Crippen molar-refractivity contribution in [3.8, 4) is 5.75 Å². The van der Waals surface area contributed by atoms with Gasteiger partial charge >= 0.3 is 6.61 Å². The van der Waals surface area contributed by atoms with Crippen molar-refractivity contribution in [3.05, 3.63) is 23.8 Å². The zero-order chi connectivity index (χ0) is 12.6. The number of fused-ring (bicyclic) bond motifs is 1. The van der Waals surface area contributed by atoms with Gasteiger partial charge in [-0.15, -0.1) is 0 Å². The molecule has 94 valence electrons. The highest BCUT2D eigenvalue weighted by Crippen LogP contribution is 2.43. The number of hydrogen-bond acceptors (Lipinski definition) is 2. The van der Waals surface area contributed by atoms with E-state index in [0.717, 1.165) is 12.0 Å². The molecule has 0 amide bonds. The van der Waals surface area contributed by atoms with Crippen molar-refractivity contribution in [3.63, 3.8) is 0 Å². The van der Waals surface area contributed by atoms with Gasteiger partial charge in [0.1, 0.15) is 5.75 Å². The first-order valence-corrected chi connectivity index (χ1v) is 5.75. The lowest BCUT2D eigenvalue weighted by Gasteiger charge is -2.38. The third kappa shape index (κ3) is 2.51. The molecule has 0 spiro atoms. The van der Waals surface area contributed by atoms with Gasteiger partial charge in [0.2, 0.25) is 0 Å². The molecule has 1 heterocycles. The Balaban J connectivity index is 2.42. The van der Waals surface area contributed by atoms with Crippen LogP contribution in [0, 0.1) is 0 Å². The Morgan fingerprint density at radius 2 is 2.12 bits per heavy atom. The SMILES string of the molecule is CC1CC(C)(C)Nc2c(OC(F)F)cccc21. The minimum Gasteiger partial charge on any atom is -0.433 e. The van der Waals surface area contributed by atoms with Gasteiger partial charge in [-0.25, -0.2) is 0 Å². The normalized spacial score (nSPS) is 21.9. The summed E-state index contributed by atoms with van der Waals surface area (Å²) < 4.78 is 29.2. The number of benzene rings is 1. The molecule has 1 aromatic rings. The summed E-state index contributed by atoms with van der Waals surface area (Å²) in [6.45, 7) is 3.44. The van der Waals surface area contributed by atoms with Crippen molar-refractivity contribution in [2.24, 2.45) is 0 Å². The molecular weight excluding hydrogens is 224 g/mol. The predicted octanol–water partition coefficient (Wildman–Crippen LogP) is 3.99. The summed E-state index contributed by atoms with van der Waals surface area (Å²) in [7, 11) is 0. The fourth-order valence-corrected chi connectivity index (χ4v) is 2.55. The molecule has 2 rings (SSSR count). The van der Waals surface area contributed by atoms with Gasteiger partial charge in [-0.05, 0) is 37.8 Å². The van der Waals surface area contributed by atoms with Crippen LogP contribution in [0.1, 0.15) is 38.7 Å². The van der Waals surface area contributed by atoms with E-state index in [1.54, 1.807) is 12.1 Å². The van der Waals surface area contributed by atoms with Crippen molar-refractivity contribution < 1.29 is 13.5 Å². The maximum absolute atomic E-state index is 12.3. The third-order valence-corrected chi connectivity index (χ3v) is 3.09. The Morgan fingerprint density at radius 3 is 2.76 bits per heavy atom. The minimum absolute atomic E-state index is 0.103. The van der Waals surface area contributed by atoms with Crippen LogP contribution in [0.5, 0.6) is 5.75 Å². The number of para-hydroxylation sites is 1. The Hall–Kier alpha value is -1.32. The molecule has 1 aliphatic rings. The molecule has 0 radical (unpaired) electrons. The van der Waals surface area contributed by atoms with Crippen LogP contribution in [0.4, 0.5) is 14.5 Å². The Bertz CT molecular complexity index is 418. The number of alkyl halides is 2. The number of nitrogens with one attached hydrogen (secondary N) is 1. The fourth-order valence-electron chi connectivity index (χ4n) is 2.55. The van der Waals surface area contributed by atoms with Gasteiger partial charge < -0.3 is 10.1 Å². The smallest absolute Gasteiger partial charge is 0.387 e. The average molecular weight is 241 g/mol. The van der Waals surface area contributed by atoms with Crippen molar-refractivity contribution in [1.29, 1.82) is 0 Å². The average Bonchev–Trinajstić information content (AvgIpc) is 2.17. The van der Waals surface area contributed by atoms with E-state index in [0.29, 0.717) is 11.6 Å². The van der Waals surface area contributed by atoms with Crippen LogP contribution in [0.25, 0.3) is 0 Å². The lowest BCUT2D eigenvalue weighted by molar-refractivity contribution is -0.0495. The summed E-state index contributed by atoms with van der Waals surface area (Å²) >= 11 is 0. The van der Waals surface area contributed by atoms with Gasteiger partial charge in [-0.3, -0.25) is 0 Å². The van der Waals surface area contributed by atoms with E-state index >= 15 is 0 Å². The van der Waals surface area contributed by atoms with E-state index in [1.807, 2.05) is 6.07 Å². The summed E-state index contributed by atoms with van der Waals surface area (Å²) in [5.74, 6) is 0.569. The van der Waals surface area contributed by atoms with Gasteiger partial charge in [0.05, 0.1) is 5.69 Å². The summed E-state index contributed by atoms with van der Waals surface area (Å²) in [5.41, 5.74) is 1.65. The minimum atomic E-state index is -2.79.